The monoisotopic (exact) mass is 314 g/mol. The molecule has 21 heavy (non-hydrogen) atoms. The summed E-state index contributed by atoms with van der Waals surface area (Å²) in [5.41, 5.74) is 7.31. The van der Waals surface area contributed by atoms with Crippen molar-refractivity contribution in [2.24, 2.45) is 5.73 Å². The molecule has 0 amide bonds. The highest BCUT2D eigenvalue weighted by Gasteiger charge is 2.26. The second-order valence-corrected chi connectivity index (χ2v) is 5.57. The van der Waals surface area contributed by atoms with Crippen LogP contribution in [0.4, 0.5) is 0 Å². The topological polar surface area (TPSA) is 47.7 Å². The first-order valence-electron chi connectivity index (χ1n) is 7.36. The normalized spacial score (nSPS) is 20.5. The minimum absolute atomic E-state index is 0. The van der Waals surface area contributed by atoms with Crippen LogP contribution in [0, 0.1) is 0 Å². The summed E-state index contributed by atoms with van der Waals surface area (Å²) in [5.74, 6) is 1.79. The molecular formula is C16H27ClN2O2. The molecule has 120 valence electrons. The second-order valence-electron chi connectivity index (χ2n) is 5.57. The molecule has 2 atom stereocenters. The summed E-state index contributed by atoms with van der Waals surface area (Å²) < 4.78 is 10.8. The van der Waals surface area contributed by atoms with Gasteiger partial charge < -0.3 is 15.2 Å². The van der Waals surface area contributed by atoms with Crippen molar-refractivity contribution < 1.29 is 9.47 Å². The Balaban J connectivity index is 0.00000220. The summed E-state index contributed by atoms with van der Waals surface area (Å²) in [6.45, 7) is 4.07. The number of halogens is 1. The Morgan fingerprint density at radius 1 is 1.29 bits per heavy atom. The number of nitrogens with zero attached hydrogens (tertiary/aromatic N) is 1. The van der Waals surface area contributed by atoms with Crippen molar-refractivity contribution in [2.45, 2.75) is 44.8 Å². The Kier molecular flexibility index (Phi) is 7.29. The summed E-state index contributed by atoms with van der Waals surface area (Å²) in [6.07, 6.45) is 3.71. The zero-order valence-corrected chi connectivity index (χ0v) is 14.0. The van der Waals surface area contributed by atoms with Crippen molar-refractivity contribution in [2.75, 3.05) is 20.8 Å². The predicted octanol–water partition coefficient (Wildman–Crippen LogP) is 2.83. The average molecular weight is 315 g/mol. The number of rotatable bonds is 5. The molecule has 0 radical (unpaired) electrons. The molecule has 2 rings (SSSR count). The molecule has 1 aromatic carbocycles. The summed E-state index contributed by atoms with van der Waals surface area (Å²) in [5, 5.41) is 0. The third-order valence-corrected chi connectivity index (χ3v) is 4.13. The van der Waals surface area contributed by atoms with E-state index in [9.17, 15) is 0 Å². The maximum atomic E-state index is 6.14. The molecule has 1 fully saturated rings. The fourth-order valence-electron chi connectivity index (χ4n) is 3.03. The number of hydrogen-bond acceptors (Lipinski definition) is 4. The molecule has 2 unspecified atom stereocenters. The number of hydrogen-bond donors (Lipinski definition) is 1. The first-order valence-corrected chi connectivity index (χ1v) is 7.36. The second kappa shape index (κ2) is 8.47. The zero-order valence-electron chi connectivity index (χ0n) is 13.2. The molecule has 0 bridgehead atoms. The van der Waals surface area contributed by atoms with E-state index in [0.717, 1.165) is 24.6 Å². The number of piperidine rings is 1. The van der Waals surface area contributed by atoms with Crippen LogP contribution in [0.3, 0.4) is 0 Å². The Morgan fingerprint density at radius 3 is 2.67 bits per heavy atom. The summed E-state index contributed by atoms with van der Waals surface area (Å²) in [4.78, 5) is 2.48. The lowest BCUT2D eigenvalue weighted by molar-refractivity contribution is 0.122. The van der Waals surface area contributed by atoms with Crippen molar-refractivity contribution >= 4 is 12.4 Å². The third kappa shape index (κ3) is 4.50. The van der Waals surface area contributed by atoms with E-state index in [4.69, 9.17) is 15.2 Å². The van der Waals surface area contributed by atoms with Crippen LogP contribution in [-0.2, 0) is 6.54 Å². The molecule has 1 aliphatic heterocycles. The average Bonchev–Trinajstić information content (AvgIpc) is 2.47. The van der Waals surface area contributed by atoms with Gasteiger partial charge in [0.25, 0.3) is 0 Å². The Labute approximate surface area is 134 Å². The molecule has 0 aliphatic carbocycles. The van der Waals surface area contributed by atoms with Gasteiger partial charge in [-0.15, -0.1) is 12.4 Å². The highest BCUT2D eigenvalue weighted by Crippen LogP contribution is 2.28. The molecule has 0 saturated carbocycles. The van der Waals surface area contributed by atoms with Crippen LogP contribution in [-0.4, -0.2) is 37.7 Å². The largest absolute Gasteiger partial charge is 0.497 e. The molecular weight excluding hydrogens is 288 g/mol. The van der Waals surface area contributed by atoms with E-state index in [2.05, 4.69) is 17.9 Å². The van der Waals surface area contributed by atoms with Crippen LogP contribution >= 0.6 is 12.4 Å². The molecule has 4 nitrogen and oxygen atoms in total. The van der Waals surface area contributed by atoms with Gasteiger partial charge >= 0.3 is 0 Å². The lowest BCUT2D eigenvalue weighted by atomic mass is 9.96. The number of likely N-dealkylation sites (tertiary alicyclic amines) is 1. The van der Waals surface area contributed by atoms with E-state index in [0.29, 0.717) is 6.04 Å². The first-order chi connectivity index (χ1) is 9.65. The van der Waals surface area contributed by atoms with Gasteiger partial charge in [-0.1, -0.05) is 6.42 Å². The van der Waals surface area contributed by atoms with Crippen molar-refractivity contribution in [3.8, 4) is 11.5 Å². The Bertz CT molecular complexity index is 440. The quantitative estimate of drug-likeness (QED) is 0.908. The first kappa shape index (κ1) is 18.1. The number of benzene rings is 1. The van der Waals surface area contributed by atoms with Gasteiger partial charge in [0.05, 0.1) is 14.2 Å². The zero-order chi connectivity index (χ0) is 14.5. The summed E-state index contributed by atoms with van der Waals surface area (Å²) in [6, 6.07) is 6.62. The molecule has 1 aromatic rings. The Morgan fingerprint density at radius 2 is 2.05 bits per heavy atom. The predicted molar refractivity (Wildman–Crippen MR) is 88.5 cm³/mol. The van der Waals surface area contributed by atoms with Crippen molar-refractivity contribution in [3.63, 3.8) is 0 Å². The fraction of sp³-hybridized carbons (Fsp3) is 0.625. The van der Waals surface area contributed by atoms with Gasteiger partial charge in [0, 0.05) is 24.2 Å². The maximum absolute atomic E-state index is 6.14. The van der Waals surface area contributed by atoms with Crippen LogP contribution in [0.5, 0.6) is 11.5 Å². The van der Waals surface area contributed by atoms with Gasteiger partial charge in [-0.2, -0.15) is 0 Å². The summed E-state index contributed by atoms with van der Waals surface area (Å²) >= 11 is 0. The molecule has 1 saturated heterocycles. The third-order valence-electron chi connectivity index (χ3n) is 4.13. The van der Waals surface area contributed by atoms with Crippen LogP contribution in [0.1, 0.15) is 31.7 Å². The number of nitrogens with two attached hydrogens (primary N) is 1. The van der Waals surface area contributed by atoms with Gasteiger partial charge in [0.1, 0.15) is 11.5 Å². The van der Waals surface area contributed by atoms with Gasteiger partial charge in [-0.3, -0.25) is 4.90 Å². The number of methoxy groups -OCH3 is 2. The maximum Gasteiger partial charge on any atom is 0.123 e. The molecule has 1 heterocycles. The minimum atomic E-state index is 0. The van der Waals surface area contributed by atoms with E-state index < -0.39 is 0 Å². The van der Waals surface area contributed by atoms with E-state index in [1.807, 2.05) is 12.1 Å². The van der Waals surface area contributed by atoms with Crippen molar-refractivity contribution in [3.05, 3.63) is 23.8 Å². The van der Waals surface area contributed by atoms with Crippen molar-refractivity contribution in [1.29, 1.82) is 0 Å². The van der Waals surface area contributed by atoms with Crippen LogP contribution in [0.25, 0.3) is 0 Å². The van der Waals surface area contributed by atoms with E-state index in [-0.39, 0.29) is 18.4 Å². The fourth-order valence-corrected chi connectivity index (χ4v) is 3.03. The van der Waals surface area contributed by atoms with Gasteiger partial charge in [-0.05, 0) is 44.5 Å². The van der Waals surface area contributed by atoms with E-state index in [1.54, 1.807) is 14.2 Å². The standard InChI is InChI=1S/C16H26N2O2.ClH/c1-12(17)15-6-4-5-9-18(15)11-13-10-14(19-2)7-8-16(13)20-3;/h7-8,10,12,15H,4-6,9,11,17H2,1-3H3;1H. The highest BCUT2D eigenvalue weighted by atomic mass is 35.5. The lowest BCUT2D eigenvalue weighted by Gasteiger charge is -2.38. The smallest absolute Gasteiger partial charge is 0.123 e. The van der Waals surface area contributed by atoms with Gasteiger partial charge in [0.2, 0.25) is 0 Å². The molecule has 0 spiro atoms. The van der Waals surface area contributed by atoms with Gasteiger partial charge in [-0.25, -0.2) is 0 Å². The van der Waals surface area contributed by atoms with Gasteiger partial charge in [0.15, 0.2) is 0 Å². The summed E-state index contributed by atoms with van der Waals surface area (Å²) in [7, 11) is 3.40. The highest BCUT2D eigenvalue weighted by molar-refractivity contribution is 5.85. The SMILES string of the molecule is COc1ccc(OC)c(CN2CCCCC2C(C)N)c1.Cl. The van der Waals surface area contributed by atoms with E-state index >= 15 is 0 Å². The molecule has 5 heteroatoms. The lowest BCUT2D eigenvalue weighted by Crippen LogP contribution is -2.48. The molecule has 1 aliphatic rings. The minimum Gasteiger partial charge on any atom is -0.497 e. The molecule has 0 aromatic heterocycles. The number of ether oxygens (including phenoxy) is 2. The van der Waals surface area contributed by atoms with Crippen LogP contribution < -0.4 is 15.2 Å². The molecule has 2 N–H and O–H groups in total. The van der Waals surface area contributed by atoms with Crippen LogP contribution in [0.15, 0.2) is 18.2 Å². The van der Waals surface area contributed by atoms with Crippen molar-refractivity contribution in [1.82, 2.24) is 4.90 Å². The van der Waals surface area contributed by atoms with Crippen LogP contribution in [0.2, 0.25) is 0 Å². The van der Waals surface area contributed by atoms with E-state index in [1.165, 1.54) is 24.8 Å². The Hall–Kier alpha value is -0.970.